The zero-order valence-electron chi connectivity index (χ0n) is 17.5. The Kier molecular flexibility index (Phi) is 5.75. The summed E-state index contributed by atoms with van der Waals surface area (Å²) in [6, 6.07) is 16.8. The molecule has 0 fully saturated rings. The summed E-state index contributed by atoms with van der Waals surface area (Å²) in [4.78, 5) is 19.5. The number of amidine groups is 1. The average molecular weight is 418 g/mol. The average Bonchev–Trinajstić information content (AvgIpc) is 3.43. The zero-order valence-corrected chi connectivity index (χ0v) is 17.5. The highest BCUT2D eigenvalue weighted by molar-refractivity contribution is 6.19. The first-order valence-electron chi connectivity index (χ1n) is 9.64. The zero-order chi connectivity index (χ0) is 21.8. The fourth-order valence-corrected chi connectivity index (χ4v) is 3.41. The number of hydrogen-bond acceptors (Lipinski definition) is 6. The number of nitrogens with zero attached hydrogens (tertiary/aromatic N) is 2. The summed E-state index contributed by atoms with van der Waals surface area (Å²) >= 11 is 0. The van der Waals surface area contributed by atoms with Gasteiger partial charge in [-0.05, 0) is 35.9 Å². The number of aliphatic imine (C=N–C) groups is 1. The maximum Gasteiger partial charge on any atom is 0.278 e. The lowest BCUT2D eigenvalue weighted by atomic mass is 10.1. The standard InChI is InChI=1S/C24H22N2O5/c1-28-20-13-16(14-21(29-2)22(20)30-3)12-19-24(27)26(15-18-10-7-11-31-18)23(25-19)17-8-5-4-6-9-17/h4-14H,15H2,1-3H3/b19-12-. The molecule has 31 heavy (non-hydrogen) atoms. The normalized spacial score (nSPS) is 14.7. The molecular formula is C24H22N2O5. The molecule has 158 valence electrons. The van der Waals surface area contributed by atoms with Crippen molar-refractivity contribution in [3.63, 3.8) is 0 Å². The smallest absolute Gasteiger partial charge is 0.278 e. The highest BCUT2D eigenvalue weighted by atomic mass is 16.5. The van der Waals surface area contributed by atoms with Crippen LogP contribution in [-0.4, -0.2) is 38.0 Å². The van der Waals surface area contributed by atoms with Gasteiger partial charge in [-0.3, -0.25) is 9.69 Å². The number of carbonyl (C=O) groups excluding carboxylic acids is 1. The molecule has 1 aliphatic heterocycles. The molecule has 1 aromatic heterocycles. The Morgan fingerprint density at radius 3 is 2.26 bits per heavy atom. The van der Waals surface area contributed by atoms with E-state index in [1.165, 1.54) is 0 Å². The number of rotatable bonds is 7. The molecular weight excluding hydrogens is 396 g/mol. The Bertz CT molecular complexity index is 1110. The third kappa shape index (κ3) is 4.02. The van der Waals surface area contributed by atoms with Gasteiger partial charge >= 0.3 is 0 Å². The second-order valence-corrected chi connectivity index (χ2v) is 6.76. The van der Waals surface area contributed by atoms with Crippen LogP contribution >= 0.6 is 0 Å². The van der Waals surface area contributed by atoms with Crippen molar-refractivity contribution in [2.45, 2.75) is 6.54 Å². The minimum atomic E-state index is -0.219. The summed E-state index contributed by atoms with van der Waals surface area (Å²) in [5.74, 6) is 2.51. The van der Waals surface area contributed by atoms with Crippen LogP contribution in [0.3, 0.4) is 0 Å². The first-order valence-corrected chi connectivity index (χ1v) is 9.64. The predicted molar refractivity (Wildman–Crippen MR) is 116 cm³/mol. The van der Waals surface area contributed by atoms with Gasteiger partial charge in [0.1, 0.15) is 17.3 Å². The second kappa shape index (κ2) is 8.79. The number of hydrogen-bond donors (Lipinski definition) is 0. The summed E-state index contributed by atoms with van der Waals surface area (Å²) in [5.41, 5.74) is 1.85. The Morgan fingerprint density at radius 1 is 0.968 bits per heavy atom. The predicted octanol–water partition coefficient (Wildman–Crippen LogP) is 4.14. The molecule has 0 saturated heterocycles. The lowest BCUT2D eigenvalue weighted by Gasteiger charge is -2.17. The minimum Gasteiger partial charge on any atom is -0.493 e. The van der Waals surface area contributed by atoms with Gasteiger partial charge in [-0.15, -0.1) is 0 Å². The summed E-state index contributed by atoms with van der Waals surface area (Å²) < 4.78 is 21.7. The number of methoxy groups -OCH3 is 3. The second-order valence-electron chi connectivity index (χ2n) is 6.76. The van der Waals surface area contributed by atoms with Crippen LogP contribution in [0.4, 0.5) is 0 Å². The van der Waals surface area contributed by atoms with E-state index in [-0.39, 0.29) is 12.5 Å². The van der Waals surface area contributed by atoms with Crippen molar-refractivity contribution in [3.05, 3.63) is 83.4 Å². The molecule has 1 aliphatic rings. The van der Waals surface area contributed by atoms with Gasteiger partial charge in [-0.2, -0.15) is 0 Å². The molecule has 1 amide bonds. The van der Waals surface area contributed by atoms with E-state index in [2.05, 4.69) is 4.99 Å². The van der Waals surface area contributed by atoms with Gasteiger partial charge < -0.3 is 18.6 Å². The molecule has 7 nitrogen and oxygen atoms in total. The van der Waals surface area contributed by atoms with Gasteiger partial charge in [0.2, 0.25) is 5.75 Å². The first kappa shape index (κ1) is 20.3. The van der Waals surface area contributed by atoms with Crippen molar-refractivity contribution in [3.8, 4) is 17.2 Å². The van der Waals surface area contributed by atoms with Gasteiger partial charge in [0.05, 0.1) is 34.1 Å². The molecule has 0 N–H and O–H groups in total. The van der Waals surface area contributed by atoms with Crippen molar-refractivity contribution in [2.24, 2.45) is 4.99 Å². The SMILES string of the molecule is COc1cc(/C=C2\N=C(c3ccccc3)N(Cc3ccco3)C2=O)cc(OC)c1OC. The van der Waals surface area contributed by atoms with Crippen LogP contribution in [0.15, 0.2) is 76.0 Å². The Balaban J connectivity index is 1.77. The monoisotopic (exact) mass is 418 g/mol. The fourth-order valence-electron chi connectivity index (χ4n) is 3.41. The van der Waals surface area contributed by atoms with Crippen LogP contribution < -0.4 is 14.2 Å². The number of carbonyl (C=O) groups is 1. The summed E-state index contributed by atoms with van der Waals surface area (Å²) in [6.07, 6.45) is 3.29. The Morgan fingerprint density at radius 2 is 1.68 bits per heavy atom. The molecule has 0 spiro atoms. The molecule has 0 unspecified atom stereocenters. The van der Waals surface area contributed by atoms with Crippen molar-refractivity contribution < 1.29 is 23.4 Å². The van der Waals surface area contributed by atoms with Gasteiger partial charge in [0.15, 0.2) is 11.5 Å². The van der Waals surface area contributed by atoms with E-state index in [0.29, 0.717) is 40.1 Å². The summed E-state index contributed by atoms with van der Waals surface area (Å²) in [5, 5.41) is 0. The van der Waals surface area contributed by atoms with E-state index in [1.807, 2.05) is 36.4 Å². The van der Waals surface area contributed by atoms with Crippen LogP contribution in [0.5, 0.6) is 17.2 Å². The maximum absolute atomic E-state index is 13.3. The van der Waals surface area contributed by atoms with Gasteiger partial charge in [-0.25, -0.2) is 4.99 Å². The number of ether oxygens (including phenoxy) is 3. The summed E-state index contributed by atoms with van der Waals surface area (Å²) in [6.45, 7) is 0.284. The van der Waals surface area contributed by atoms with E-state index < -0.39 is 0 Å². The molecule has 4 rings (SSSR count). The van der Waals surface area contributed by atoms with Crippen molar-refractivity contribution in [1.29, 1.82) is 0 Å². The largest absolute Gasteiger partial charge is 0.493 e. The quantitative estimate of drug-likeness (QED) is 0.540. The topological polar surface area (TPSA) is 73.5 Å². The fraction of sp³-hybridized carbons (Fsp3) is 0.167. The Hall–Kier alpha value is -4.00. The third-order valence-electron chi connectivity index (χ3n) is 4.86. The number of benzene rings is 2. The molecule has 7 heteroatoms. The first-order chi connectivity index (χ1) is 15.1. The van der Waals surface area contributed by atoms with Crippen LogP contribution in [0.1, 0.15) is 16.9 Å². The Labute approximate surface area is 180 Å². The molecule has 2 aromatic carbocycles. The maximum atomic E-state index is 13.3. The van der Waals surface area contributed by atoms with Crippen LogP contribution in [0.25, 0.3) is 6.08 Å². The molecule has 0 bridgehead atoms. The van der Waals surface area contributed by atoms with Crippen LogP contribution in [-0.2, 0) is 11.3 Å². The molecule has 0 saturated carbocycles. The van der Waals surface area contributed by atoms with Gasteiger partial charge in [-0.1, -0.05) is 30.3 Å². The molecule has 2 heterocycles. The van der Waals surface area contributed by atoms with Crippen molar-refractivity contribution in [1.82, 2.24) is 4.90 Å². The van der Waals surface area contributed by atoms with E-state index in [0.717, 1.165) is 5.56 Å². The highest BCUT2D eigenvalue weighted by Gasteiger charge is 2.32. The number of furan rings is 1. The van der Waals surface area contributed by atoms with Crippen molar-refractivity contribution >= 4 is 17.8 Å². The highest BCUT2D eigenvalue weighted by Crippen LogP contribution is 2.39. The van der Waals surface area contributed by atoms with E-state index in [4.69, 9.17) is 18.6 Å². The molecule has 3 aromatic rings. The lowest BCUT2D eigenvalue weighted by molar-refractivity contribution is -0.123. The van der Waals surface area contributed by atoms with Crippen LogP contribution in [0.2, 0.25) is 0 Å². The lowest BCUT2D eigenvalue weighted by Crippen LogP contribution is -2.32. The third-order valence-corrected chi connectivity index (χ3v) is 4.86. The van der Waals surface area contributed by atoms with E-state index in [1.54, 1.807) is 56.8 Å². The minimum absolute atomic E-state index is 0.219. The van der Waals surface area contributed by atoms with Crippen molar-refractivity contribution in [2.75, 3.05) is 21.3 Å². The van der Waals surface area contributed by atoms with Gasteiger partial charge in [0.25, 0.3) is 5.91 Å². The molecule has 0 radical (unpaired) electrons. The molecule has 0 atom stereocenters. The molecule has 0 aliphatic carbocycles. The van der Waals surface area contributed by atoms with E-state index in [9.17, 15) is 4.79 Å². The van der Waals surface area contributed by atoms with Crippen LogP contribution in [0, 0.1) is 0 Å². The summed E-state index contributed by atoms with van der Waals surface area (Å²) in [7, 11) is 4.64. The van der Waals surface area contributed by atoms with Gasteiger partial charge in [0, 0.05) is 5.56 Å². The van der Waals surface area contributed by atoms with E-state index >= 15 is 0 Å². The number of amides is 1.